The van der Waals surface area contributed by atoms with Gasteiger partial charge in [-0.25, -0.2) is 4.79 Å². The molecule has 0 spiro atoms. The van der Waals surface area contributed by atoms with Crippen molar-refractivity contribution in [2.75, 3.05) is 13.2 Å². The quantitative estimate of drug-likeness (QED) is 0.719. The number of ether oxygens (including phenoxy) is 2. The van der Waals surface area contributed by atoms with Crippen LogP contribution < -0.4 is 5.32 Å². The third kappa shape index (κ3) is 5.89. The van der Waals surface area contributed by atoms with Gasteiger partial charge in [0.2, 0.25) is 0 Å². The molecule has 0 atom stereocenters. The maximum absolute atomic E-state index is 11.4. The fourth-order valence-corrected chi connectivity index (χ4v) is 1.61. The number of amides is 1. The Hall–Kier alpha value is -0.810. The molecule has 1 aliphatic rings. The molecule has 0 aromatic rings. The summed E-state index contributed by atoms with van der Waals surface area (Å²) in [5, 5.41) is 11.4. The number of hydrogen-bond acceptors (Lipinski definition) is 4. The highest BCUT2D eigenvalue weighted by Gasteiger charge is 2.32. The Balaban J connectivity index is 2.07. The molecule has 0 aromatic carbocycles. The molecule has 5 nitrogen and oxygen atoms in total. The number of nitrogens with one attached hydrogen (secondary N) is 1. The van der Waals surface area contributed by atoms with Crippen LogP contribution >= 0.6 is 0 Å². The number of hydrogen-bond donors (Lipinski definition) is 2. The Kier molecular flexibility index (Phi) is 5.21. The van der Waals surface area contributed by atoms with Gasteiger partial charge in [0.25, 0.3) is 0 Å². The highest BCUT2D eigenvalue weighted by Crippen LogP contribution is 2.23. The SMILES string of the molecule is CC(C)(C)OC(=O)NC1CC(OCCCO)C1. The highest BCUT2D eigenvalue weighted by atomic mass is 16.6. The van der Waals surface area contributed by atoms with Crippen LogP contribution in [0.4, 0.5) is 4.79 Å². The van der Waals surface area contributed by atoms with Crippen LogP contribution in [0.1, 0.15) is 40.0 Å². The summed E-state index contributed by atoms with van der Waals surface area (Å²) in [5.41, 5.74) is -0.454. The Morgan fingerprint density at radius 3 is 2.59 bits per heavy atom. The predicted octanol–water partition coefficient (Wildman–Crippen LogP) is 1.44. The molecule has 1 rings (SSSR count). The monoisotopic (exact) mass is 245 g/mol. The normalized spacial score (nSPS) is 24.0. The first-order chi connectivity index (χ1) is 7.90. The molecule has 0 radical (unpaired) electrons. The van der Waals surface area contributed by atoms with E-state index in [1.807, 2.05) is 20.8 Å². The second kappa shape index (κ2) is 6.21. The van der Waals surface area contributed by atoms with Gasteiger partial charge in [0.1, 0.15) is 5.60 Å². The number of aliphatic hydroxyl groups excluding tert-OH is 1. The molecule has 1 saturated carbocycles. The summed E-state index contributed by atoms with van der Waals surface area (Å²) in [5.74, 6) is 0. The third-order valence-electron chi connectivity index (χ3n) is 2.47. The van der Waals surface area contributed by atoms with Crippen molar-refractivity contribution in [3.8, 4) is 0 Å². The lowest BCUT2D eigenvalue weighted by atomic mass is 9.89. The maximum atomic E-state index is 11.4. The largest absolute Gasteiger partial charge is 0.444 e. The van der Waals surface area contributed by atoms with Crippen molar-refractivity contribution in [3.05, 3.63) is 0 Å². The lowest BCUT2D eigenvalue weighted by Crippen LogP contribution is -2.49. The Bertz CT molecular complexity index is 243. The molecule has 0 heterocycles. The first-order valence-corrected chi connectivity index (χ1v) is 6.12. The summed E-state index contributed by atoms with van der Waals surface area (Å²) in [7, 11) is 0. The van der Waals surface area contributed by atoms with E-state index < -0.39 is 5.60 Å². The van der Waals surface area contributed by atoms with Crippen molar-refractivity contribution < 1.29 is 19.4 Å². The fraction of sp³-hybridized carbons (Fsp3) is 0.917. The first-order valence-electron chi connectivity index (χ1n) is 6.12. The van der Waals surface area contributed by atoms with Crippen molar-refractivity contribution in [1.29, 1.82) is 0 Å². The van der Waals surface area contributed by atoms with E-state index >= 15 is 0 Å². The van der Waals surface area contributed by atoms with Crippen LogP contribution in [-0.4, -0.2) is 42.2 Å². The van der Waals surface area contributed by atoms with Crippen molar-refractivity contribution in [2.24, 2.45) is 0 Å². The Morgan fingerprint density at radius 1 is 1.41 bits per heavy atom. The van der Waals surface area contributed by atoms with E-state index in [0.717, 1.165) is 12.8 Å². The van der Waals surface area contributed by atoms with Crippen LogP contribution in [0.3, 0.4) is 0 Å². The summed E-state index contributed by atoms with van der Waals surface area (Å²) in [4.78, 5) is 11.4. The fourth-order valence-electron chi connectivity index (χ4n) is 1.61. The smallest absolute Gasteiger partial charge is 0.407 e. The topological polar surface area (TPSA) is 67.8 Å². The molecule has 1 aliphatic carbocycles. The standard InChI is InChI=1S/C12H23NO4/c1-12(2,3)17-11(15)13-9-7-10(8-9)16-6-4-5-14/h9-10,14H,4-8H2,1-3H3,(H,13,15). The van der Waals surface area contributed by atoms with Crippen LogP contribution in [0, 0.1) is 0 Å². The van der Waals surface area contributed by atoms with Gasteiger partial charge in [-0.05, 0) is 40.0 Å². The van der Waals surface area contributed by atoms with Crippen molar-refractivity contribution in [3.63, 3.8) is 0 Å². The Morgan fingerprint density at radius 2 is 2.06 bits per heavy atom. The van der Waals surface area contributed by atoms with Crippen molar-refractivity contribution in [2.45, 2.75) is 57.8 Å². The number of aliphatic hydroxyl groups is 1. The van der Waals surface area contributed by atoms with E-state index in [2.05, 4.69) is 5.32 Å². The zero-order valence-electron chi connectivity index (χ0n) is 10.9. The zero-order chi connectivity index (χ0) is 12.9. The van der Waals surface area contributed by atoms with Crippen molar-refractivity contribution >= 4 is 6.09 Å². The highest BCUT2D eigenvalue weighted by molar-refractivity contribution is 5.68. The molecular formula is C12H23NO4. The number of alkyl carbamates (subject to hydrolysis) is 1. The lowest BCUT2D eigenvalue weighted by molar-refractivity contribution is -0.0238. The van der Waals surface area contributed by atoms with Gasteiger partial charge in [0, 0.05) is 19.3 Å². The van der Waals surface area contributed by atoms with Gasteiger partial charge in [-0.2, -0.15) is 0 Å². The molecule has 0 aliphatic heterocycles. The number of carbonyl (C=O) groups is 1. The lowest BCUT2D eigenvalue weighted by Gasteiger charge is -2.35. The summed E-state index contributed by atoms with van der Waals surface area (Å²) in [6.45, 7) is 6.27. The number of rotatable bonds is 5. The molecule has 0 unspecified atom stereocenters. The van der Waals surface area contributed by atoms with Gasteiger partial charge in [-0.1, -0.05) is 0 Å². The molecule has 100 valence electrons. The summed E-state index contributed by atoms with van der Waals surface area (Å²) < 4.78 is 10.6. The van der Waals surface area contributed by atoms with E-state index in [-0.39, 0.29) is 24.8 Å². The third-order valence-corrected chi connectivity index (χ3v) is 2.47. The molecule has 0 bridgehead atoms. The Labute approximate surface area is 102 Å². The molecule has 2 N–H and O–H groups in total. The maximum Gasteiger partial charge on any atom is 0.407 e. The van der Waals surface area contributed by atoms with E-state index in [4.69, 9.17) is 14.6 Å². The molecular weight excluding hydrogens is 222 g/mol. The first kappa shape index (κ1) is 14.3. The van der Waals surface area contributed by atoms with Gasteiger partial charge in [-0.3, -0.25) is 0 Å². The average molecular weight is 245 g/mol. The molecule has 1 fully saturated rings. The van der Waals surface area contributed by atoms with Crippen LogP contribution in [0.25, 0.3) is 0 Å². The second-order valence-electron chi connectivity index (χ2n) is 5.38. The second-order valence-corrected chi connectivity index (χ2v) is 5.38. The van der Waals surface area contributed by atoms with Crippen LogP contribution in [-0.2, 0) is 9.47 Å². The molecule has 5 heteroatoms. The molecule has 0 aromatic heterocycles. The summed E-state index contributed by atoms with van der Waals surface area (Å²) in [6, 6.07) is 0.156. The van der Waals surface area contributed by atoms with Gasteiger partial charge in [0.05, 0.1) is 6.10 Å². The minimum atomic E-state index is -0.454. The van der Waals surface area contributed by atoms with E-state index in [9.17, 15) is 4.79 Å². The summed E-state index contributed by atoms with van der Waals surface area (Å²) in [6.07, 6.45) is 2.16. The molecule has 17 heavy (non-hydrogen) atoms. The summed E-state index contributed by atoms with van der Waals surface area (Å²) >= 11 is 0. The minimum Gasteiger partial charge on any atom is -0.444 e. The zero-order valence-corrected chi connectivity index (χ0v) is 10.9. The van der Waals surface area contributed by atoms with Crippen LogP contribution in [0.2, 0.25) is 0 Å². The van der Waals surface area contributed by atoms with Crippen LogP contribution in [0.5, 0.6) is 0 Å². The van der Waals surface area contributed by atoms with Crippen LogP contribution in [0.15, 0.2) is 0 Å². The predicted molar refractivity (Wildman–Crippen MR) is 63.8 cm³/mol. The van der Waals surface area contributed by atoms with Gasteiger partial charge in [0.15, 0.2) is 0 Å². The van der Waals surface area contributed by atoms with Crippen molar-refractivity contribution in [1.82, 2.24) is 5.32 Å². The van der Waals surface area contributed by atoms with E-state index in [0.29, 0.717) is 13.0 Å². The van der Waals surface area contributed by atoms with E-state index in [1.165, 1.54) is 0 Å². The molecule has 1 amide bonds. The van der Waals surface area contributed by atoms with Gasteiger partial charge < -0.3 is 19.9 Å². The average Bonchev–Trinajstić information content (AvgIpc) is 2.10. The van der Waals surface area contributed by atoms with Gasteiger partial charge in [-0.15, -0.1) is 0 Å². The van der Waals surface area contributed by atoms with E-state index in [1.54, 1.807) is 0 Å². The minimum absolute atomic E-state index is 0.156. The number of carbonyl (C=O) groups excluding carboxylic acids is 1. The molecule has 0 saturated heterocycles. The van der Waals surface area contributed by atoms with Gasteiger partial charge >= 0.3 is 6.09 Å².